The molecule has 18 heavy (non-hydrogen) atoms. The predicted octanol–water partition coefficient (Wildman–Crippen LogP) is 2.53. The largest absolute Gasteiger partial charge is 0.497 e. The second-order valence-corrected chi connectivity index (χ2v) is 3.73. The van der Waals surface area contributed by atoms with Gasteiger partial charge in [-0.25, -0.2) is 0 Å². The van der Waals surface area contributed by atoms with Crippen LogP contribution in [0.25, 0.3) is 0 Å². The van der Waals surface area contributed by atoms with Gasteiger partial charge in [-0.05, 0) is 24.6 Å². The molecule has 102 valence electrons. The van der Waals surface area contributed by atoms with Crippen molar-refractivity contribution in [2.45, 2.75) is 19.0 Å². The first-order chi connectivity index (χ1) is 8.46. The Balaban J connectivity index is 2.71. The fraction of sp³-hybridized carbons (Fsp3) is 0.500. The van der Waals surface area contributed by atoms with Crippen LogP contribution in [0.4, 0.5) is 13.2 Å². The molecule has 1 aromatic carbocycles. The number of alkyl halides is 3. The number of halogens is 3. The van der Waals surface area contributed by atoms with Crippen molar-refractivity contribution in [2.75, 3.05) is 20.3 Å². The molecule has 0 heterocycles. The molecule has 0 aliphatic heterocycles. The number of hydrogen-bond acceptors (Lipinski definition) is 3. The molecule has 0 atom stereocenters. The lowest BCUT2D eigenvalue weighted by Gasteiger charge is -2.13. The molecule has 0 saturated heterocycles. The van der Waals surface area contributed by atoms with Gasteiger partial charge in [0.1, 0.15) is 11.5 Å². The lowest BCUT2D eigenvalue weighted by molar-refractivity contribution is -0.139. The summed E-state index contributed by atoms with van der Waals surface area (Å²) >= 11 is 0. The first kappa shape index (κ1) is 14.6. The smallest absolute Gasteiger partial charge is 0.392 e. The molecule has 0 aromatic heterocycles. The minimum absolute atomic E-state index is 0.393. The lowest BCUT2D eigenvalue weighted by atomic mass is 10.1. The Bertz CT molecular complexity index is 380. The Kier molecular flexibility index (Phi) is 5.27. The molecular formula is C12H16F3NO2. The van der Waals surface area contributed by atoms with Crippen molar-refractivity contribution in [3.05, 3.63) is 23.8 Å². The summed E-state index contributed by atoms with van der Waals surface area (Å²) < 4.78 is 46.2. The molecule has 6 heteroatoms. The molecule has 3 nitrogen and oxygen atoms in total. The Hall–Kier alpha value is -1.43. The summed E-state index contributed by atoms with van der Waals surface area (Å²) in [7, 11) is 1.48. The molecule has 0 fully saturated rings. The maximum absolute atomic E-state index is 12.0. The van der Waals surface area contributed by atoms with Crippen molar-refractivity contribution in [3.63, 3.8) is 0 Å². The molecule has 0 amide bonds. The van der Waals surface area contributed by atoms with E-state index >= 15 is 0 Å². The standard InChI is InChI=1S/C12H16F3NO2/c1-17-10-3-2-9(4-6-16)11(8-10)18-7-5-12(13,14)15/h2-3,8H,4-7,16H2,1H3. The Morgan fingerprint density at radius 1 is 1.28 bits per heavy atom. The van der Waals surface area contributed by atoms with Crippen molar-refractivity contribution in [3.8, 4) is 11.5 Å². The van der Waals surface area contributed by atoms with Gasteiger partial charge in [0.25, 0.3) is 0 Å². The topological polar surface area (TPSA) is 44.5 Å². The van der Waals surface area contributed by atoms with Gasteiger partial charge in [-0.2, -0.15) is 13.2 Å². The van der Waals surface area contributed by atoms with Gasteiger partial charge >= 0.3 is 6.18 Å². The van der Waals surface area contributed by atoms with Crippen molar-refractivity contribution in [1.29, 1.82) is 0 Å². The van der Waals surface area contributed by atoms with Crippen LogP contribution >= 0.6 is 0 Å². The van der Waals surface area contributed by atoms with E-state index in [2.05, 4.69) is 0 Å². The van der Waals surface area contributed by atoms with Gasteiger partial charge in [-0.1, -0.05) is 6.07 Å². The maximum Gasteiger partial charge on any atom is 0.392 e. The average Bonchev–Trinajstić information content (AvgIpc) is 2.30. The third kappa shape index (κ3) is 4.83. The molecule has 0 unspecified atom stereocenters. The fourth-order valence-corrected chi connectivity index (χ4v) is 1.43. The molecule has 0 radical (unpaired) electrons. The highest BCUT2D eigenvalue weighted by Gasteiger charge is 2.27. The van der Waals surface area contributed by atoms with Crippen LogP contribution in [0.3, 0.4) is 0 Å². The van der Waals surface area contributed by atoms with Gasteiger partial charge in [-0.3, -0.25) is 0 Å². The van der Waals surface area contributed by atoms with Crippen molar-refractivity contribution >= 4 is 0 Å². The van der Waals surface area contributed by atoms with Crippen LogP contribution < -0.4 is 15.2 Å². The highest BCUT2D eigenvalue weighted by molar-refractivity contribution is 5.40. The third-order valence-corrected chi connectivity index (χ3v) is 2.33. The Morgan fingerprint density at radius 3 is 2.56 bits per heavy atom. The van der Waals surface area contributed by atoms with Crippen LogP contribution in [-0.4, -0.2) is 26.4 Å². The van der Waals surface area contributed by atoms with E-state index in [1.807, 2.05) is 0 Å². The molecule has 0 saturated carbocycles. The zero-order valence-corrected chi connectivity index (χ0v) is 10.1. The van der Waals surface area contributed by atoms with E-state index in [0.717, 1.165) is 5.56 Å². The summed E-state index contributed by atoms with van der Waals surface area (Å²) in [6.07, 6.45) is -4.65. The fourth-order valence-electron chi connectivity index (χ4n) is 1.43. The summed E-state index contributed by atoms with van der Waals surface area (Å²) in [5.41, 5.74) is 6.21. The minimum atomic E-state index is -4.22. The maximum atomic E-state index is 12.0. The zero-order valence-electron chi connectivity index (χ0n) is 10.1. The summed E-state index contributed by atoms with van der Waals surface area (Å²) in [6.45, 7) is -0.00377. The molecule has 0 aliphatic carbocycles. The average molecular weight is 263 g/mol. The van der Waals surface area contributed by atoms with E-state index < -0.39 is 19.2 Å². The Labute approximate surface area is 104 Å². The van der Waals surface area contributed by atoms with Gasteiger partial charge in [0.2, 0.25) is 0 Å². The van der Waals surface area contributed by atoms with Crippen LogP contribution in [0.1, 0.15) is 12.0 Å². The SMILES string of the molecule is COc1ccc(CCN)c(OCCC(F)(F)F)c1. The van der Waals surface area contributed by atoms with Crippen LogP contribution in [-0.2, 0) is 6.42 Å². The molecule has 0 bridgehead atoms. The third-order valence-electron chi connectivity index (χ3n) is 2.33. The molecule has 1 aromatic rings. The van der Waals surface area contributed by atoms with E-state index in [1.165, 1.54) is 7.11 Å². The number of hydrogen-bond donors (Lipinski definition) is 1. The normalized spacial score (nSPS) is 11.4. The highest BCUT2D eigenvalue weighted by Crippen LogP contribution is 2.26. The summed E-state index contributed by atoms with van der Waals surface area (Å²) in [4.78, 5) is 0. The van der Waals surface area contributed by atoms with Crippen LogP contribution in [0.2, 0.25) is 0 Å². The summed E-state index contributed by atoms with van der Waals surface area (Å²) in [5.74, 6) is 0.932. The van der Waals surface area contributed by atoms with Gasteiger partial charge in [0.15, 0.2) is 0 Å². The van der Waals surface area contributed by atoms with E-state index in [1.54, 1.807) is 18.2 Å². The lowest BCUT2D eigenvalue weighted by Crippen LogP contribution is -2.14. The Morgan fingerprint density at radius 2 is 2.00 bits per heavy atom. The molecule has 1 rings (SSSR count). The van der Waals surface area contributed by atoms with Crippen LogP contribution in [0.5, 0.6) is 11.5 Å². The number of nitrogens with two attached hydrogens (primary N) is 1. The zero-order chi connectivity index (χ0) is 13.6. The van der Waals surface area contributed by atoms with Crippen LogP contribution in [0.15, 0.2) is 18.2 Å². The van der Waals surface area contributed by atoms with Gasteiger partial charge in [0.05, 0.1) is 20.1 Å². The molecular weight excluding hydrogens is 247 g/mol. The second kappa shape index (κ2) is 6.49. The van der Waals surface area contributed by atoms with E-state index in [4.69, 9.17) is 15.2 Å². The predicted molar refractivity (Wildman–Crippen MR) is 61.9 cm³/mol. The number of methoxy groups -OCH3 is 1. The van der Waals surface area contributed by atoms with Crippen molar-refractivity contribution < 1.29 is 22.6 Å². The van der Waals surface area contributed by atoms with E-state index in [9.17, 15) is 13.2 Å². The van der Waals surface area contributed by atoms with Gasteiger partial charge < -0.3 is 15.2 Å². The minimum Gasteiger partial charge on any atom is -0.497 e. The molecule has 0 spiro atoms. The quantitative estimate of drug-likeness (QED) is 0.857. The van der Waals surface area contributed by atoms with Gasteiger partial charge in [0, 0.05) is 6.07 Å². The summed E-state index contributed by atoms with van der Waals surface area (Å²) in [5, 5.41) is 0. The first-order valence-corrected chi connectivity index (χ1v) is 5.53. The van der Waals surface area contributed by atoms with E-state index in [0.29, 0.717) is 24.5 Å². The van der Waals surface area contributed by atoms with Crippen LogP contribution in [0, 0.1) is 0 Å². The number of benzene rings is 1. The number of ether oxygens (including phenoxy) is 2. The highest BCUT2D eigenvalue weighted by atomic mass is 19.4. The van der Waals surface area contributed by atoms with Gasteiger partial charge in [-0.15, -0.1) is 0 Å². The summed E-state index contributed by atoms with van der Waals surface area (Å²) in [6, 6.07) is 5.04. The first-order valence-electron chi connectivity index (χ1n) is 5.53. The van der Waals surface area contributed by atoms with E-state index in [-0.39, 0.29) is 0 Å². The monoisotopic (exact) mass is 263 g/mol. The number of rotatable bonds is 6. The second-order valence-electron chi connectivity index (χ2n) is 3.73. The van der Waals surface area contributed by atoms with Crippen molar-refractivity contribution in [1.82, 2.24) is 0 Å². The molecule has 0 aliphatic rings. The molecule has 2 N–H and O–H groups in total. The van der Waals surface area contributed by atoms with Crippen molar-refractivity contribution in [2.24, 2.45) is 5.73 Å².